The third-order valence-electron chi connectivity index (χ3n) is 2.76. The van der Waals surface area contributed by atoms with Gasteiger partial charge in [0.25, 0.3) is 0 Å². The van der Waals surface area contributed by atoms with Gasteiger partial charge < -0.3 is 9.64 Å². The van der Waals surface area contributed by atoms with Crippen LogP contribution in [0.5, 0.6) is 5.75 Å². The first kappa shape index (κ1) is 13.8. The maximum atomic E-state index is 11.8. The average molecular weight is 256 g/mol. The van der Waals surface area contributed by atoms with E-state index in [-0.39, 0.29) is 5.91 Å². The monoisotopic (exact) mass is 255 g/mol. The average Bonchev–Trinajstić information content (AvgIpc) is 2.31. The maximum absolute atomic E-state index is 11.8. The number of nitrogens with zero attached hydrogens (tertiary/aromatic N) is 1. The van der Waals surface area contributed by atoms with Crippen LogP contribution in [0.15, 0.2) is 12.1 Å². The smallest absolute Gasteiger partial charge is 0.227 e. The standard InChI is InChI=1S/C13H18ClNO2/c1-9-8-12(17-4)10(2)7-11(9)15(3)13(16)5-6-14/h7-8H,5-6H2,1-4H3. The van der Waals surface area contributed by atoms with Gasteiger partial charge in [-0.15, -0.1) is 11.6 Å². The summed E-state index contributed by atoms with van der Waals surface area (Å²) in [6, 6.07) is 3.90. The first-order valence-corrected chi connectivity index (χ1v) is 6.02. The minimum Gasteiger partial charge on any atom is -0.496 e. The van der Waals surface area contributed by atoms with Gasteiger partial charge in [0.2, 0.25) is 5.91 Å². The summed E-state index contributed by atoms with van der Waals surface area (Å²) in [6.45, 7) is 3.92. The number of aryl methyl sites for hydroxylation is 2. The molecule has 0 aliphatic carbocycles. The zero-order chi connectivity index (χ0) is 13.0. The number of halogens is 1. The SMILES string of the molecule is COc1cc(C)c(N(C)C(=O)CCCl)cc1C. The summed E-state index contributed by atoms with van der Waals surface area (Å²) in [5.41, 5.74) is 2.93. The van der Waals surface area contributed by atoms with Gasteiger partial charge in [0.15, 0.2) is 0 Å². The molecule has 1 rings (SSSR count). The quantitative estimate of drug-likeness (QED) is 0.775. The van der Waals surface area contributed by atoms with Crippen molar-refractivity contribution in [2.24, 2.45) is 0 Å². The van der Waals surface area contributed by atoms with Crippen LogP contribution in [0.2, 0.25) is 0 Å². The van der Waals surface area contributed by atoms with E-state index < -0.39 is 0 Å². The van der Waals surface area contributed by atoms with Crippen molar-refractivity contribution in [2.45, 2.75) is 20.3 Å². The van der Waals surface area contributed by atoms with Crippen molar-refractivity contribution < 1.29 is 9.53 Å². The minimum atomic E-state index is 0.0210. The van der Waals surface area contributed by atoms with Gasteiger partial charge in [-0.25, -0.2) is 0 Å². The molecule has 0 N–H and O–H groups in total. The minimum absolute atomic E-state index is 0.0210. The molecule has 1 aromatic carbocycles. The van der Waals surface area contributed by atoms with Crippen LogP contribution < -0.4 is 9.64 Å². The van der Waals surface area contributed by atoms with Gasteiger partial charge in [0, 0.05) is 25.0 Å². The Kier molecular flexibility index (Phi) is 4.82. The molecule has 0 aliphatic heterocycles. The highest BCUT2D eigenvalue weighted by molar-refractivity contribution is 6.19. The number of hydrogen-bond donors (Lipinski definition) is 0. The number of methoxy groups -OCH3 is 1. The van der Waals surface area contributed by atoms with Crippen molar-refractivity contribution in [3.8, 4) is 5.75 Å². The number of amides is 1. The molecule has 17 heavy (non-hydrogen) atoms. The fourth-order valence-corrected chi connectivity index (χ4v) is 1.90. The van der Waals surface area contributed by atoms with Crippen molar-refractivity contribution in [3.63, 3.8) is 0 Å². The molecule has 0 heterocycles. The Balaban J connectivity index is 3.06. The van der Waals surface area contributed by atoms with Crippen molar-refractivity contribution in [2.75, 3.05) is 24.9 Å². The summed E-state index contributed by atoms with van der Waals surface area (Å²) < 4.78 is 5.24. The van der Waals surface area contributed by atoms with Crippen LogP contribution in [-0.4, -0.2) is 25.9 Å². The van der Waals surface area contributed by atoms with Crippen LogP contribution in [0, 0.1) is 13.8 Å². The molecule has 0 saturated heterocycles. The van der Waals surface area contributed by atoms with Gasteiger partial charge in [-0.2, -0.15) is 0 Å². The number of carbonyl (C=O) groups is 1. The maximum Gasteiger partial charge on any atom is 0.227 e. The van der Waals surface area contributed by atoms with Crippen molar-refractivity contribution in [3.05, 3.63) is 23.3 Å². The van der Waals surface area contributed by atoms with Crippen LogP contribution in [-0.2, 0) is 4.79 Å². The normalized spacial score (nSPS) is 10.2. The third kappa shape index (κ3) is 3.13. The van der Waals surface area contributed by atoms with Crippen LogP contribution in [0.1, 0.15) is 17.5 Å². The Morgan fingerprint density at radius 1 is 1.35 bits per heavy atom. The molecule has 3 nitrogen and oxygen atoms in total. The number of hydrogen-bond acceptors (Lipinski definition) is 2. The van der Waals surface area contributed by atoms with E-state index in [0.29, 0.717) is 12.3 Å². The zero-order valence-corrected chi connectivity index (χ0v) is 11.5. The van der Waals surface area contributed by atoms with E-state index >= 15 is 0 Å². The Bertz CT molecular complexity index is 418. The molecule has 0 bridgehead atoms. The van der Waals surface area contributed by atoms with Gasteiger partial charge in [-0.1, -0.05) is 0 Å². The van der Waals surface area contributed by atoms with Gasteiger partial charge in [0.1, 0.15) is 5.75 Å². The molecule has 0 unspecified atom stereocenters. The summed E-state index contributed by atoms with van der Waals surface area (Å²) in [5, 5.41) is 0. The molecule has 0 spiro atoms. The molecule has 94 valence electrons. The fraction of sp³-hybridized carbons (Fsp3) is 0.462. The van der Waals surface area contributed by atoms with E-state index in [9.17, 15) is 4.79 Å². The molecular weight excluding hydrogens is 238 g/mol. The molecule has 4 heteroatoms. The molecular formula is C13H18ClNO2. The van der Waals surface area contributed by atoms with Gasteiger partial charge in [-0.05, 0) is 37.1 Å². The highest BCUT2D eigenvalue weighted by atomic mass is 35.5. The Morgan fingerprint density at radius 3 is 2.53 bits per heavy atom. The Morgan fingerprint density at radius 2 is 2.00 bits per heavy atom. The number of anilines is 1. The highest BCUT2D eigenvalue weighted by Crippen LogP contribution is 2.28. The van der Waals surface area contributed by atoms with Crippen molar-refractivity contribution in [1.29, 1.82) is 0 Å². The number of rotatable bonds is 4. The molecule has 1 amide bonds. The lowest BCUT2D eigenvalue weighted by Crippen LogP contribution is -2.27. The summed E-state index contributed by atoms with van der Waals surface area (Å²) in [7, 11) is 3.41. The van der Waals surface area contributed by atoms with Crippen LogP contribution >= 0.6 is 11.6 Å². The second kappa shape index (κ2) is 5.92. The van der Waals surface area contributed by atoms with E-state index in [1.54, 1.807) is 19.1 Å². The lowest BCUT2D eigenvalue weighted by Gasteiger charge is -2.21. The number of alkyl halides is 1. The molecule has 0 radical (unpaired) electrons. The first-order valence-electron chi connectivity index (χ1n) is 5.49. The van der Waals surface area contributed by atoms with E-state index in [0.717, 1.165) is 22.6 Å². The summed E-state index contributed by atoms with van der Waals surface area (Å²) >= 11 is 5.58. The molecule has 0 aromatic heterocycles. The predicted octanol–water partition coefficient (Wildman–Crippen LogP) is 2.90. The van der Waals surface area contributed by atoms with Gasteiger partial charge in [-0.3, -0.25) is 4.79 Å². The molecule has 0 aliphatic rings. The van der Waals surface area contributed by atoms with Gasteiger partial charge in [0.05, 0.1) is 7.11 Å². The van der Waals surface area contributed by atoms with E-state index in [1.807, 2.05) is 26.0 Å². The first-order chi connectivity index (χ1) is 8.01. The molecule has 0 saturated carbocycles. The molecule has 0 atom stereocenters. The second-order valence-electron chi connectivity index (χ2n) is 4.00. The van der Waals surface area contributed by atoms with E-state index in [4.69, 9.17) is 16.3 Å². The van der Waals surface area contributed by atoms with Crippen LogP contribution in [0.25, 0.3) is 0 Å². The molecule has 0 fully saturated rings. The van der Waals surface area contributed by atoms with Crippen molar-refractivity contribution >= 4 is 23.2 Å². The summed E-state index contributed by atoms with van der Waals surface area (Å²) in [4.78, 5) is 13.4. The third-order valence-corrected chi connectivity index (χ3v) is 2.95. The fourth-order valence-electron chi connectivity index (χ4n) is 1.74. The second-order valence-corrected chi connectivity index (χ2v) is 4.38. The van der Waals surface area contributed by atoms with E-state index in [1.165, 1.54) is 0 Å². The van der Waals surface area contributed by atoms with E-state index in [2.05, 4.69) is 0 Å². The van der Waals surface area contributed by atoms with Crippen LogP contribution in [0.4, 0.5) is 5.69 Å². The van der Waals surface area contributed by atoms with Crippen molar-refractivity contribution in [1.82, 2.24) is 0 Å². The number of ether oxygens (including phenoxy) is 1. The number of benzene rings is 1. The van der Waals surface area contributed by atoms with Gasteiger partial charge >= 0.3 is 0 Å². The van der Waals surface area contributed by atoms with Crippen LogP contribution in [0.3, 0.4) is 0 Å². The zero-order valence-electron chi connectivity index (χ0n) is 10.7. The summed E-state index contributed by atoms with van der Waals surface area (Å²) in [6.07, 6.45) is 0.350. The highest BCUT2D eigenvalue weighted by Gasteiger charge is 2.14. The molecule has 1 aromatic rings. The predicted molar refractivity (Wildman–Crippen MR) is 71.2 cm³/mol. The lowest BCUT2D eigenvalue weighted by molar-refractivity contribution is -0.117. The largest absolute Gasteiger partial charge is 0.496 e. The topological polar surface area (TPSA) is 29.5 Å². The number of carbonyl (C=O) groups excluding carboxylic acids is 1. The summed E-state index contributed by atoms with van der Waals surface area (Å²) in [5.74, 6) is 1.20. The lowest BCUT2D eigenvalue weighted by atomic mass is 10.1. The Hall–Kier alpha value is -1.22. The Labute approximate surface area is 107 Å².